The van der Waals surface area contributed by atoms with Crippen LogP contribution in [0.2, 0.25) is 0 Å². The fourth-order valence-electron chi connectivity index (χ4n) is 3.36. The zero-order chi connectivity index (χ0) is 21.3. The number of amides is 1. The maximum atomic E-state index is 12.8. The summed E-state index contributed by atoms with van der Waals surface area (Å²) in [6.45, 7) is 2.67. The van der Waals surface area contributed by atoms with Crippen LogP contribution in [0, 0.1) is 0 Å². The largest absolute Gasteiger partial charge is 0.494 e. The van der Waals surface area contributed by atoms with Gasteiger partial charge < -0.3 is 14.2 Å². The number of hydrogen-bond acceptors (Lipinski definition) is 5. The molecule has 0 saturated carbocycles. The third kappa shape index (κ3) is 4.00. The van der Waals surface area contributed by atoms with E-state index in [0.29, 0.717) is 29.8 Å². The molecule has 1 unspecified atom stereocenters. The molecule has 2 heterocycles. The zero-order valence-electron chi connectivity index (χ0n) is 16.0. The Balaban J connectivity index is 1.50. The van der Waals surface area contributed by atoms with E-state index < -0.39 is 11.7 Å². The summed E-state index contributed by atoms with van der Waals surface area (Å²) in [5, 5.41) is 4.00. The Morgan fingerprint density at radius 1 is 1.20 bits per heavy atom. The minimum absolute atomic E-state index is 0.141. The standard InChI is InChI=1S/C21H18F3N3O3/c1-2-29-17-5-3-4-13(10-17)19-25-20(30-26-19)14-11-18(28)27(12-14)16-8-6-15(7-9-16)21(22,23)24/h3-10,14H,2,11-12H2,1H3. The van der Waals surface area contributed by atoms with Gasteiger partial charge >= 0.3 is 6.18 Å². The first-order valence-corrected chi connectivity index (χ1v) is 9.39. The van der Waals surface area contributed by atoms with Crippen molar-refractivity contribution in [3.63, 3.8) is 0 Å². The Morgan fingerprint density at radius 2 is 1.97 bits per heavy atom. The van der Waals surface area contributed by atoms with E-state index in [9.17, 15) is 18.0 Å². The highest BCUT2D eigenvalue weighted by atomic mass is 19.4. The van der Waals surface area contributed by atoms with Gasteiger partial charge in [0.2, 0.25) is 17.6 Å². The number of rotatable bonds is 5. The summed E-state index contributed by atoms with van der Waals surface area (Å²) in [4.78, 5) is 18.3. The molecule has 1 amide bonds. The van der Waals surface area contributed by atoms with Gasteiger partial charge in [0.05, 0.1) is 18.1 Å². The number of benzene rings is 2. The minimum atomic E-state index is -4.42. The molecule has 9 heteroatoms. The van der Waals surface area contributed by atoms with Gasteiger partial charge in [0, 0.05) is 24.2 Å². The average molecular weight is 417 g/mol. The number of halogens is 3. The summed E-state index contributed by atoms with van der Waals surface area (Å²) in [7, 11) is 0. The van der Waals surface area contributed by atoms with Gasteiger partial charge in [-0.15, -0.1) is 0 Å². The molecule has 0 spiro atoms. The number of hydrogen-bond donors (Lipinski definition) is 0. The molecular formula is C21H18F3N3O3. The molecule has 1 aliphatic rings. The predicted molar refractivity (Wildman–Crippen MR) is 102 cm³/mol. The molecule has 0 aliphatic carbocycles. The molecule has 4 rings (SSSR count). The van der Waals surface area contributed by atoms with Crippen molar-refractivity contribution >= 4 is 11.6 Å². The van der Waals surface area contributed by atoms with Crippen LogP contribution in [-0.4, -0.2) is 29.2 Å². The van der Waals surface area contributed by atoms with Gasteiger partial charge in [0.1, 0.15) is 5.75 Å². The van der Waals surface area contributed by atoms with E-state index in [0.717, 1.165) is 17.7 Å². The van der Waals surface area contributed by atoms with Crippen LogP contribution in [0.15, 0.2) is 53.1 Å². The van der Waals surface area contributed by atoms with Crippen molar-refractivity contribution in [3.8, 4) is 17.1 Å². The van der Waals surface area contributed by atoms with Gasteiger partial charge in [-0.05, 0) is 43.3 Å². The molecule has 1 aromatic heterocycles. The van der Waals surface area contributed by atoms with Crippen LogP contribution < -0.4 is 9.64 Å². The number of aromatic nitrogens is 2. The molecule has 1 fully saturated rings. The number of anilines is 1. The van der Waals surface area contributed by atoms with Crippen LogP contribution >= 0.6 is 0 Å². The van der Waals surface area contributed by atoms with Gasteiger partial charge in [0.15, 0.2) is 0 Å². The highest BCUT2D eigenvalue weighted by molar-refractivity contribution is 5.96. The number of ether oxygens (including phenoxy) is 1. The Labute approximate surface area is 170 Å². The molecule has 0 bridgehead atoms. The first-order valence-electron chi connectivity index (χ1n) is 9.39. The Morgan fingerprint density at radius 3 is 2.67 bits per heavy atom. The van der Waals surface area contributed by atoms with Crippen LogP contribution in [0.3, 0.4) is 0 Å². The van der Waals surface area contributed by atoms with E-state index in [1.807, 2.05) is 25.1 Å². The Hall–Kier alpha value is -3.36. The van der Waals surface area contributed by atoms with Crippen LogP contribution in [0.1, 0.15) is 30.7 Å². The Bertz CT molecular complexity index is 1050. The van der Waals surface area contributed by atoms with Crippen LogP contribution in [-0.2, 0) is 11.0 Å². The van der Waals surface area contributed by atoms with Crippen LogP contribution in [0.5, 0.6) is 5.75 Å². The molecule has 1 atom stereocenters. The highest BCUT2D eigenvalue weighted by Crippen LogP contribution is 2.34. The molecule has 1 saturated heterocycles. The number of alkyl halides is 3. The zero-order valence-corrected chi connectivity index (χ0v) is 16.0. The maximum absolute atomic E-state index is 12.8. The van der Waals surface area contributed by atoms with Crippen molar-refractivity contribution in [1.29, 1.82) is 0 Å². The van der Waals surface area contributed by atoms with Gasteiger partial charge in [0.25, 0.3) is 0 Å². The molecule has 6 nitrogen and oxygen atoms in total. The second-order valence-electron chi connectivity index (χ2n) is 6.87. The molecule has 3 aromatic rings. The van der Waals surface area contributed by atoms with E-state index in [1.165, 1.54) is 17.0 Å². The maximum Gasteiger partial charge on any atom is 0.416 e. The lowest BCUT2D eigenvalue weighted by Crippen LogP contribution is -2.24. The molecule has 156 valence electrons. The molecule has 0 N–H and O–H groups in total. The lowest BCUT2D eigenvalue weighted by Gasteiger charge is -2.17. The third-order valence-electron chi connectivity index (χ3n) is 4.83. The van der Waals surface area contributed by atoms with Gasteiger partial charge in [-0.2, -0.15) is 18.2 Å². The van der Waals surface area contributed by atoms with Crippen molar-refractivity contribution < 1.29 is 27.2 Å². The lowest BCUT2D eigenvalue weighted by atomic mass is 10.1. The van der Waals surface area contributed by atoms with Crippen molar-refractivity contribution in [1.82, 2.24) is 10.1 Å². The van der Waals surface area contributed by atoms with E-state index in [4.69, 9.17) is 9.26 Å². The number of nitrogens with zero attached hydrogens (tertiary/aromatic N) is 3. The van der Waals surface area contributed by atoms with Crippen LogP contribution in [0.25, 0.3) is 11.4 Å². The SMILES string of the molecule is CCOc1cccc(-c2noc(C3CC(=O)N(c4ccc(C(F)(F)F)cc4)C3)n2)c1. The van der Waals surface area contributed by atoms with Gasteiger partial charge in [-0.3, -0.25) is 4.79 Å². The molecule has 2 aromatic carbocycles. The molecule has 30 heavy (non-hydrogen) atoms. The summed E-state index contributed by atoms with van der Waals surface area (Å²) < 4.78 is 49.1. The summed E-state index contributed by atoms with van der Waals surface area (Å²) in [6.07, 6.45) is -4.28. The summed E-state index contributed by atoms with van der Waals surface area (Å²) >= 11 is 0. The minimum Gasteiger partial charge on any atom is -0.494 e. The lowest BCUT2D eigenvalue weighted by molar-refractivity contribution is -0.137. The van der Waals surface area contributed by atoms with E-state index in [-0.39, 0.29) is 24.8 Å². The fourth-order valence-corrected chi connectivity index (χ4v) is 3.36. The monoisotopic (exact) mass is 417 g/mol. The average Bonchev–Trinajstić information content (AvgIpc) is 3.35. The molecular weight excluding hydrogens is 399 g/mol. The van der Waals surface area contributed by atoms with Gasteiger partial charge in [-0.25, -0.2) is 0 Å². The van der Waals surface area contributed by atoms with Crippen LogP contribution in [0.4, 0.5) is 18.9 Å². The second kappa shape index (κ2) is 7.81. The highest BCUT2D eigenvalue weighted by Gasteiger charge is 2.36. The number of carbonyl (C=O) groups is 1. The molecule has 0 radical (unpaired) electrons. The van der Waals surface area contributed by atoms with E-state index in [1.54, 1.807) is 6.07 Å². The normalized spacial score (nSPS) is 16.9. The van der Waals surface area contributed by atoms with Crippen molar-refractivity contribution in [2.24, 2.45) is 0 Å². The Kier molecular flexibility index (Phi) is 5.19. The number of carbonyl (C=O) groups excluding carboxylic acids is 1. The molecule has 1 aliphatic heterocycles. The fraction of sp³-hybridized carbons (Fsp3) is 0.286. The summed E-state index contributed by atoms with van der Waals surface area (Å²) in [6, 6.07) is 11.8. The first-order chi connectivity index (χ1) is 14.3. The summed E-state index contributed by atoms with van der Waals surface area (Å²) in [5.74, 6) is 0.835. The predicted octanol–water partition coefficient (Wildman–Crippen LogP) is 4.67. The second-order valence-corrected chi connectivity index (χ2v) is 6.87. The summed E-state index contributed by atoms with van der Waals surface area (Å²) in [5.41, 5.74) is 0.366. The first kappa shape index (κ1) is 19.9. The van der Waals surface area contributed by atoms with Crippen molar-refractivity contribution in [3.05, 3.63) is 60.0 Å². The topological polar surface area (TPSA) is 68.5 Å². The smallest absolute Gasteiger partial charge is 0.416 e. The van der Waals surface area contributed by atoms with E-state index >= 15 is 0 Å². The van der Waals surface area contributed by atoms with Gasteiger partial charge in [-0.1, -0.05) is 17.3 Å². The quantitative estimate of drug-likeness (QED) is 0.603. The van der Waals surface area contributed by atoms with Crippen molar-refractivity contribution in [2.45, 2.75) is 25.4 Å². The van der Waals surface area contributed by atoms with E-state index in [2.05, 4.69) is 10.1 Å². The van der Waals surface area contributed by atoms with Crippen molar-refractivity contribution in [2.75, 3.05) is 18.1 Å². The third-order valence-corrected chi connectivity index (χ3v) is 4.83.